The van der Waals surface area contributed by atoms with Gasteiger partial charge in [-0.1, -0.05) is 6.92 Å². The van der Waals surface area contributed by atoms with Crippen LogP contribution in [0.5, 0.6) is 5.75 Å². The van der Waals surface area contributed by atoms with Crippen LogP contribution in [0, 0.1) is 3.57 Å². The second-order valence-corrected chi connectivity index (χ2v) is 6.31. The van der Waals surface area contributed by atoms with Gasteiger partial charge in [0, 0.05) is 18.2 Å². The van der Waals surface area contributed by atoms with Crippen molar-refractivity contribution in [1.82, 2.24) is 10.2 Å². The number of piperidine rings is 1. The molecule has 20 heavy (non-hydrogen) atoms. The van der Waals surface area contributed by atoms with Gasteiger partial charge in [-0.25, -0.2) is 0 Å². The largest absolute Gasteiger partial charge is 0.507 e. The Morgan fingerprint density at radius 1 is 1.45 bits per heavy atom. The van der Waals surface area contributed by atoms with Gasteiger partial charge in [0.2, 0.25) is 0 Å². The lowest BCUT2D eigenvalue weighted by atomic mass is 10.0. The van der Waals surface area contributed by atoms with E-state index >= 15 is 0 Å². The number of nitrogens with zero attached hydrogens (tertiary/aromatic N) is 1. The van der Waals surface area contributed by atoms with Crippen molar-refractivity contribution in [2.45, 2.75) is 32.2 Å². The minimum Gasteiger partial charge on any atom is -0.507 e. The first-order chi connectivity index (χ1) is 9.63. The number of amides is 1. The molecule has 0 atom stereocenters. The van der Waals surface area contributed by atoms with Gasteiger partial charge in [-0.05, 0) is 73.1 Å². The lowest BCUT2D eigenvalue weighted by Crippen LogP contribution is -2.46. The normalized spacial score (nSPS) is 16.1. The van der Waals surface area contributed by atoms with Crippen LogP contribution in [0.4, 0.5) is 0 Å². The standard InChI is InChI=1S/C15H21IN2O2/c1-2-9-18(12-5-7-17-8-6-12)15(20)11-3-4-13(16)14(19)10-11/h3-4,10,12,17,19H,2,5-9H2,1H3. The third kappa shape index (κ3) is 3.63. The van der Waals surface area contributed by atoms with Gasteiger partial charge < -0.3 is 15.3 Å². The molecule has 1 fully saturated rings. The fourth-order valence-electron chi connectivity index (χ4n) is 2.62. The molecule has 1 aromatic rings. The number of halogens is 1. The van der Waals surface area contributed by atoms with Crippen molar-refractivity contribution in [2.24, 2.45) is 0 Å². The molecule has 0 aliphatic carbocycles. The van der Waals surface area contributed by atoms with Crippen LogP contribution in [-0.2, 0) is 0 Å². The Balaban J connectivity index is 2.18. The van der Waals surface area contributed by atoms with Gasteiger partial charge >= 0.3 is 0 Å². The topological polar surface area (TPSA) is 52.6 Å². The maximum Gasteiger partial charge on any atom is 0.254 e. The van der Waals surface area contributed by atoms with Crippen molar-refractivity contribution < 1.29 is 9.90 Å². The second kappa shape index (κ2) is 7.26. The number of carbonyl (C=O) groups is 1. The molecule has 0 saturated carbocycles. The number of phenols is 1. The van der Waals surface area contributed by atoms with E-state index in [0.717, 1.165) is 42.5 Å². The molecule has 110 valence electrons. The van der Waals surface area contributed by atoms with E-state index in [0.29, 0.717) is 11.6 Å². The highest BCUT2D eigenvalue weighted by atomic mass is 127. The summed E-state index contributed by atoms with van der Waals surface area (Å²) in [6.45, 7) is 4.80. The first-order valence-corrected chi connectivity index (χ1v) is 8.21. The van der Waals surface area contributed by atoms with Gasteiger partial charge in [0.25, 0.3) is 5.91 Å². The van der Waals surface area contributed by atoms with Gasteiger partial charge in [0.05, 0.1) is 3.57 Å². The molecule has 2 rings (SSSR count). The molecule has 0 unspecified atom stereocenters. The number of hydrogen-bond donors (Lipinski definition) is 2. The molecule has 0 spiro atoms. The van der Waals surface area contributed by atoms with E-state index in [1.54, 1.807) is 18.2 Å². The predicted octanol–water partition coefficient (Wildman–Crippen LogP) is 2.60. The third-order valence-electron chi connectivity index (χ3n) is 3.67. The first-order valence-electron chi connectivity index (χ1n) is 7.13. The molecular weight excluding hydrogens is 367 g/mol. The molecule has 1 saturated heterocycles. The Morgan fingerprint density at radius 2 is 2.15 bits per heavy atom. The molecule has 1 aromatic carbocycles. The molecule has 1 aliphatic rings. The molecule has 2 N–H and O–H groups in total. The molecule has 1 heterocycles. The summed E-state index contributed by atoms with van der Waals surface area (Å²) in [5.41, 5.74) is 0.579. The minimum absolute atomic E-state index is 0.0328. The third-order valence-corrected chi connectivity index (χ3v) is 4.58. The first kappa shape index (κ1) is 15.6. The summed E-state index contributed by atoms with van der Waals surface area (Å²) in [5, 5.41) is 13.1. The quantitative estimate of drug-likeness (QED) is 0.780. The van der Waals surface area contributed by atoms with Crippen LogP contribution < -0.4 is 5.32 Å². The van der Waals surface area contributed by atoms with Crippen LogP contribution in [0.3, 0.4) is 0 Å². The number of phenolic OH excluding ortho intramolecular Hbond substituents is 1. The maximum absolute atomic E-state index is 12.7. The van der Waals surface area contributed by atoms with Crippen LogP contribution in [0.15, 0.2) is 18.2 Å². The number of benzene rings is 1. The van der Waals surface area contributed by atoms with Crippen LogP contribution in [0.2, 0.25) is 0 Å². The summed E-state index contributed by atoms with van der Waals surface area (Å²) in [7, 11) is 0. The van der Waals surface area contributed by atoms with Gasteiger partial charge in [0.15, 0.2) is 0 Å². The maximum atomic E-state index is 12.7. The van der Waals surface area contributed by atoms with Crippen molar-refractivity contribution in [3.05, 3.63) is 27.3 Å². The molecular formula is C15H21IN2O2. The SMILES string of the molecule is CCCN(C(=O)c1ccc(I)c(O)c1)C1CCNCC1. The smallest absolute Gasteiger partial charge is 0.254 e. The number of aromatic hydroxyl groups is 1. The molecule has 1 aliphatic heterocycles. The molecule has 5 heteroatoms. The van der Waals surface area contributed by atoms with Crippen LogP contribution >= 0.6 is 22.6 Å². The predicted molar refractivity (Wildman–Crippen MR) is 88.0 cm³/mol. The van der Waals surface area contributed by atoms with E-state index in [2.05, 4.69) is 34.8 Å². The van der Waals surface area contributed by atoms with E-state index < -0.39 is 0 Å². The minimum atomic E-state index is 0.0328. The average Bonchev–Trinajstić information content (AvgIpc) is 2.48. The summed E-state index contributed by atoms with van der Waals surface area (Å²) in [6.07, 6.45) is 2.95. The second-order valence-electron chi connectivity index (χ2n) is 5.15. The molecule has 1 amide bonds. The van der Waals surface area contributed by atoms with Crippen molar-refractivity contribution in [3.63, 3.8) is 0 Å². The summed E-state index contributed by atoms with van der Waals surface area (Å²) >= 11 is 2.06. The van der Waals surface area contributed by atoms with Crippen LogP contribution in [0.25, 0.3) is 0 Å². The molecule has 0 bridgehead atoms. The Bertz CT molecular complexity index is 473. The fraction of sp³-hybridized carbons (Fsp3) is 0.533. The van der Waals surface area contributed by atoms with Gasteiger partial charge in [-0.3, -0.25) is 4.79 Å². The molecule has 0 aromatic heterocycles. The molecule has 4 nitrogen and oxygen atoms in total. The van der Waals surface area contributed by atoms with Crippen molar-refractivity contribution in [3.8, 4) is 5.75 Å². The van der Waals surface area contributed by atoms with Crippen molar-refractivity contribution in [1.29, 1.82) is 0 Å². The van der Waals surface area contributed by atoms with Crippen molar-refractivity contribution >= 4 is 28.5 Å². The van der Waals surface area contributed by atoms with E-state index in [4.69, 9.17) is 0 Å². The Hall–Kier alpha value is -0.820. The monoisotopic (exact) mass is 388 g/mol. The summed E-state index contributed by atoms with van der Waals surface area (Å²) in [6, 6.07) is 5.47. The van der Waals surface area contributed by atoms with Crippen molar-refractivity contribution in [2.75, 3.05) is 19.6 Å². The van der Waals surface area contributed by atoms with Gasteiger partial charge in [0.1, 0.15) is 5.75 Å². The Morgan fingerprint density at radius 3 is 2.75 bits per heavy atom. The van der Waals surface area contributed by atoms with Gasteiger partial charge in [-0.15, -0.1) is 0 Å². The Kier molecular flexibility index (Phi) is 5.65. The summed E-state index contributed by atoms with van der Waals surface area (Å²) < 4.78 is 0.767. The lowest BCUT2D eigenvalue weighted by Gasteiger charge is -2.34. The highest BCUT2D eigenvalue weighted by Crippen LogP contribution is 2.23. The van der Waals surface area contributed by atoms with Gasteiger partial charge in [-0.2, -0.15) is 0 Å². The average molecular weight is 388 g/mol. The zero-order chi connectivity index (χ0) is 14.5. The van der Waals surface area contributed by atoms with E-state index in [9.17, 15) is 9.90 Å². The van der Waals surface area contributed by atoms with E-state index in [1.807, 2.05) is 4.90 Å². The zero-order valence-electron chi connectivity index (χ0n) is 11.7. The lowest BCUT2D eigenvalue weighted by molar-refractivity contribution is 0.0642. The summed E-state index contributed by atoms with van der Waals surface area (Å²) in [5.74, 6) is 0.212. The van der Waals surface area contributed by atoms with E-state index in [1.165, 1.54) is 0 Å². The number of rotatable bonds is 4. The van der Waals surface area contributed by atoms with Crippen LogP contribution in [-0.4, -0.2) is 41.6 Å². The molecule has 0 radical (unpaired) electrons. The Labute approximate surface area is 133 Å². The highest BCUT2D eigenvalue weighted by Gasteiger charge is 2.25. The zero-order valence-corrected chi connectivity index (χ0v) is 13.9. The number of carbonyl (C=O) groups excluding carboxylic acids is 1. The highest BCUT2D eigenvalue weighted by molar-refractivity contribution is 14.1. The number of nitrogens with one attached hydrogen (secondary N) is 1. The fourth-order valence-corrected chi connectivity index (χ4v) is 2.96. The van der Waals surface area contributed by atoms with E-state index in [-0.39, 0.29) is 11.7 Å². The number of hydrogen-bond acceptors (Lipinski definition) is 3. The summed E-state index contributed by atoms with van der Waals surface area (Å²) in [4.78, 5) is 14.7. The van der Waals surface area contributed by atoms with Crippen LogP contribution in [0.1, 0.15) is 36.5 Å².